The molecule has 14 heavy (non-hydrogen) atoms. The number of hydrogen-bond donors (Lipinski definition) is 1. The molecule has 3 heteroatoms. The van der Waals surface area contributed by atoms with Crippen molar-refractivity contribution in [1.82, 2.24) is 0 Å². The highest BCUT2D eigenvalue weighted by Gasteiger charge is 2.02. The molecule has 0 aromatic heterocycles. The highest BCUT2D eigenvalue weighted by molar-refractivity contribution is 7.98. The Kier molecular flexibility index (Phi) is 5.83. The molecule has 0 radical (unpaired) electrons. The smallest absolute Gasteiger partial charge is 0.0446 e. The molecule has 0 nitrogen and oxygen atoms in total. The summed E-state index contributed by atoms with van der Waals surface area (Å²) in [6.07, 6.45) is 0. The predicted octanol–water partition coefficient (Wildman–Crippen LogP) is 4.14. The van der Waals surface area contributed by atoms with Crippen LogP contribution >= 0.6 is 36.0 Å². The molecule has 78 valence electrons. The van der Waals surface area contributed by atoms with Crippen molar-refractivity contribution in [3.63, 3.8) is 0 Å². The van der Waals surface area contributed by atoms with Gasteiger partial charge < -0.3 is 0 Å². The van der Waals surface area contributed by atoms with Crippen LogP contribution in [0.5, 0.6) is 0 Å². The van der Waals surface area contributed by atoms with Gasteiger partial charge in [-0.2, -0.15) is 24.4 Å². The second-order valence-electron chi connectivity index (χ2n) is 3.39. The summed E-state index contributed by atoms with van der Waals surface area (Å²) in [5.74, 6) is 3.77. The van der Waals surface area contributed by atoms with E-state index in [2.05, 4.69) is 25.6 Å². The van der Waals surface area contributed by atoms with Gasteiger partial charge in [0.1, 0.15) is 0 Å². The lowest BCUT2D eigenvalue weighted by Gasteiger charge is -2.07. The van der Waals surface area contributed by atoms with Crippen LogP contribution in [0.1, 0.15) is 12.5 Å². The van der Waals surface area contributed by atoms with E-state index in [0.717, 1.165) is 22.3 Å². The first kappa shape index (κ1) is 12.3. The second kappa shape index (κ2) is 6.65. The fourth-order valence-corrected chi connectivity index (χ4v) is 2.73. The third-order valence-electron chi connectivity index (χ3n) is 1.93. The van der Waals surface area contributed by atoms with E-state index >= 15 is 0 Å². The van der Waals surface area contributed by atoms with Gasteiger partial charge in [-0.05, 0) is 29.1 Å². The summed E-state index contributed by atoms with van der Waals surface area (Å²) in [6, 6.07) is 8.02. The third-order valence-corrected chi connectivity index (χ3v) is 4.24. The maximum Gasteiger partial charge on any atom is 0.0446 e. The fourth-order valence-electron chi connectivity index (χ4n) is 1.04. The van der Waals surface area contributed by atoms with Gasteiger partial charge in [-0.3, -0.25) is 0 Å². The summed E-state index contributed by atoms with van der Waals surface area (Å²) < 4.78 is 0. The van der Waals surface area contributed by atoms with E-state index in [0.29, 0.717) is 5.92 Å². The molecule has 1 atom stereocenters. The van der Waals surface area contributed by atoms with Crippen LogP contribution in [0.4, 0.5) is 0 Å². The molecule has 0 aliphatic heterocycles. The zero-order chi connectivity index (χ0) is 10.4. The lowest BCUT2D eigenvalue weighted by Crippen LogP contribution is -1.99. The molecule has 0 saturated carbocycles. The molecule has 1 unspecified atom stereocenters. The van der Waals surface area contributed by atoms with Gasteiger partial charge in [-0.1, -0.05) is 36.7 Å². The number of thiol groups is 1. The van der Waals surface area contributed by atoms with Crippen LogP contribution in [0.25, 0.3) is 0 Å². The van der Waals surface area contributed by atoms with Gasteiger partial charge in [0.05, 0.1) is 0 Å². The number of thioether (sulfide) groups is 1. The molecular formula is C11H15ClS2. The Morgan fingerprint density at radius 1 is 1.43 bits per heavy atom. The first-order valence-electron chi connectivity index (χ1n) is 4.66. The first-order valence-corrected chi connectivity index (χ1v) is 6.82. The summed E-state index contributed by atoms with van der Waals surface area (Å²) in [4.78, 5) is 0. The van der Waals surface area contributed by atoms with E-state index in [1.54, 1.807) is 0 Å². The van der Waals surface area contributed by atoms with Gasteiger partial charge in [0.25, 0.3) is 0 Å². The number of hydrogen-bond acceptors (Lipinski definition) is 2. The Balaban J connectivity index is 2.35. The van der Waals surface area contributed by atoms with E-state index in [1.165, 1.54) is 5.56 Å². The molecular weight excluding hydrogens is 232 g/mol. The van der Waals surface area contributed by atoms with Crippen molar-refractivity contribution < 1.29 is 0 Å². The normalized spacial score (nSPS) is 12.8. The van der Waals surface area contributed by atoms with E-state index in [-0.39, 0.29) is 0 Å². The van der Waals surface area contributed by atoms with Gasteiger partial charge in [0.2, 0.25) is 0 Å². The topological polar surface area (TPSA) is 0 Å². The molecule has 0 fully saturated rings. The minimum Gasteiger partial charge on any atom is -0.179 e. The summed E-state index contributed by atoms with van der Waals surface area (Å²) in [5, 5.41) is 0.874. The second-order valence-corrected chi connectivity index (χ2v) is 5.20. The number of benzene rings is 1. The van der Waals surface area contributed by atoms with Crippen LogP contribution in [0.2, 0.25) is 5.02 Å². The molecule has 0 spiro atoms. The average molecular weight is 247 g/mol. The SMILES string of the molecule is CC(CS)CSCc1ccccc1Cl. The fraction of sp³-hybridized carbons (Fsp3) is 0.455. The van der Waals surface area contributed by atoms with Crippen LogP contribution < -0.4 is 0 Å². The quantitative estimate of drug-likeness (QED) is 0.762. The Morgan fingerprint density at radius 2 is 2.14 bits per heavy atom. The predicted molar refractivity (Wildman–Crippen MR) is 70.6 cm³/mol. The highest BCUT2D eigenvalue weighted by atomic mass is 35.5. The van der Waals surface area contributed by atoms with E-state index in [9.17, 15) is 0 Å². The molecule has 1 aromatic rings. The molecule has 0 saturated heterocycles. The monoisotopic (exact) mass is 246 g/mol. The maximum atomic E-state index is 6.05. The van der Waals surface area contributed by atoms with Gasteiger partial charge >= 0.3 is 0 Å². The summed E-state index contributed by atoms with van der Waals surface area (Å²) in [5.41, 5.74) is 1.23. The number of rotatable bonds is 5. The zero-order valence-corrected chi connectivity index (χ0v) is 10.7. The van der Waals surface area contributed by atoms with Crippen molar-refractivity contribution >= 4 is 36.0 Å². The number of halogens is 1. The van der Waals surface area contributed by atoms with Crippen molar-refractivity contribution in [2.24, 2.45) is 5.92 Å². The maximum absolute atomic E-state index is 6.05. The molecule has 0 bridgehead atoms. The van der Waals surface area contributed by atoms with Crippen molar-refractivity contribution in [2.75, 3.05) is 11.5 Å². The Hall–Kier alpha value is 0.210. The lowest BCUT2D eigenvalue weighted by molar-refractivity contribution is 0.766. The van der Waals surface area contributed by atoms with Crippen LogP contribution in [-0.4, -0.2) is 11.5 Å². The third kappa shape index (κ3) is 4.16. The standard InChI is InChI=1S/C11H15ClS2/c1-9(6-13)7-14-8-10-4-2-3-5-11(10)12/h2-5,9,13H,6-8H2,1H3. The van der Waals surface area contributed by atoms with E-state index in [1.807, 2.05) is 30.0 Å². The van der Waals surface area contributed by atoms with Gasteiger partial charge in [-0.25, -0.2) is 0 Å². The van der Waals surface area contributed by atoms with Crippen molar-refractivity contribution in [1.29, 1.82) is 0 Å². The van der Waals surface area contributed by atoms with Gasteiger partial charge in [0.15, 0.2) is 0 Å². The van der Waals surface area contributed by atoms with Crippen LogP contribution in [-0.2, 0) is 5.75 Å². The van der Waals surface area contributed by atoms with E-state index < -0.39 is 0 Å². The molecule has 0 aliphatic rings. The van der Waals surface area contributed by atoms with Crippen LogP contribution in [0.3, 0.4) is 0 Å². The minimum atomic E-state index is 0.672. The van der Waals surface area contributed by atoms with Gasteiger partial charge in [0, 0.05) is 10.8 Å². The van der Waals surface area contributed by atoms with Gasteiger partial charge in [-0.15, -0.1) is 0 Å². The summed E-state index contributed by atoms with van der Waals surface area (Å²) in [7, 11) is 0. The largest absolute Gasteiger partial charge is 0.179 e. The van der Waals surface area contributed by atoms with Crippen molar-refractivity contribution in [2.45, 2.75) is 12.7 Å². The van der Waals surface area contributed by atoms with Crippen molar-refractivity contribution in [3.05, 3.63) is 34.9 Å². The van der Waals surface area contributed by atoms with Crippen LogP contribution in [0, 0.1) is 5.92 Å². The molecule has 0 aliphatic carbocycles. The molecule has 0 N–H and O–H groups in total. The summed E-state index contributed by atoms with van der Waals surface area (Å²) >= 11 is 12.2. The molecule has 1 rings (SSSR count). The lowest BCUT2D eigenvalue weighted by atomic mass is 10.2. The van der Waals surface area contributed by atoms with Crippen LogP contribution in [0.15, 0.2) is 24.3 Å². The zero-order valence-electron chi connectivity index (χ0n) is 8.24. The highest BCUT2D eigenvalue weighted by Crippen LogP contribution is 2.22. The Labute approximate surface area is 101 Å². The minimum absolute atomic E-state index is 0.672. The average Bonchev–Trinajstić information content (AvgIpc) is 2.20. The Bertz CT molecular complexity index is 276. The molecule has 1 aromatic carbocycles. The van der Waals surface area contributed by atoms with Crippen molar-refractivity contribution in [3.8, 4) is 0 Å². The molecule has 0 heterocycles. The molecule has 0 amide bonds. The Morgan fingerprint density at radius 3 is 2.79 bits per heavy atom. The summed E-state index contributed by atoms with van der Waals surface area (Å²) in [6.45, 7) is 2.21. The first-order chi connectivity index (χ1) is 6.74. The van der Waals surface area contributed by atoms with E-state index in [4.69, 9.17) is 11.6 Å².